The van der Waals surface area contributed by atoms with Gasteiger partial charge in [-0.1, -0.05) is 0 Å². The van der Waals surface area contributed by atoms with Gasteiger partial charge in [-0.05, 0) is 45.7 Å². The second kappa shape index (κ2) is 7.75. The number of ketones is 4. The van der Waals surface area contributed by atoms with Crippen LogP contribution in [0.3, 0.4) is 0 Å². The molecule has 0 spiro atoms. The molecule has 6 rings (SSSR count). The number of halogens is 1. The smallest absolute Gasteiger partial charge is 0.235 e. The summed E-state index contributed by atoms with van der Waals surface area (Å²) in [5.41, 5.74) is 2.97. The average Bonchev–Trinajstić information content (AvgIpc) is 3.57. The molecule has 0 aromatic heterocycles. The number of amides is 1. The van der Waals surface area contributed by atoms with Gasteiger partial charge in [0.2, 0.25) is 5.91 Å². The Morgan fingerprint density at radius 3 is 2.32 bits per heavy atom. The molecular weight excluding hydrogens is 485 g/mol. The molecule has 1 aliphatic heterocycles. The van der Waals surface area contributed by atoms with Gasteiger partial charge in [-0.15, -0.1) is 0 Å². The van der Waals surface area contributed by atoms with Crippen LogP contribution < -0.4 is 5.73 Å². The fourth-order valence-electron chi connectivity index (χ4n) is 7.30. The Morgan fingerprint density at radius 2 is 1.73 bits per heavy atom. The number of phenolic OH excluding ortho intramolecular Hbond substituents is 1. The van der Waals surface area contributed by atoms with Crippen molar-refractivity contribution < 1.29 is 38.6 Å². The SMILES string of the molecule is CN(C)[C@@H]1C(=O)C(C(N)=O)C(=O)[C@@]2(O)C(=O)C3C(=O)c4c(O)c5c(c(F)c4C[C@H]3C[C@@H]12)CN(C1CC1)C5. The zero-order valence-electron chi connectivity index (χ0n) is 20.5. The Bertz CT molecular complexity index is 1320. The highest BCUT2D eigenvalue weighted by Gasteiger charge is 2.69. The third-order valence-corrected chi connectivity index (χ3v) is 9.16. The van der Waals surface area contributed by atoms with Crippen molar-refractivity contribution in [1.29, 1.82) is 0 Å². The number of aliphatic hydroxyl groups is 1. The number of nitrogens with two attached hydrogens (primary N) is 1. The van der Waals surface area contributed by atoms with Crippen LogP contribution in [-0.2, 0) is 38.7 Å². The summed E-state index contributed by atoms with van der Waals surface area (Å²) >= 11 is 0. The van der Waals surface area contributed by atoms with Crippen LogP contribution in [0.5, 0.6) is 5.75 Å². The van der Waals surface area contributed by atoms with Gasteiger partial charge in [0.25, 0.3) is 0 Å². The summed E-state index contributed by atoms with van der Waals surface area (Å²) in [4.78, 5) is 69.4. The Hall–Kier alpha value is -3.02. The molecule has 3 saturated carbocycles. The number of hydrogen-bond acceptors (Lipinski definition) is 9. The van der Waals surface area contributed by atoms with Gasteiger partial charge in [-0.2, -0.15) is 0 Å². The van der Waals surface area contributed by atoms with E-state index in [1.54, 1.807) is 0 Å². The number of carbonyl (C=O) groups excluding carboxylic acids is 5. The number of rotatable bonds is 3. The number of Topliss-reactive ketones (excluding diaryl/α,β-unsaturated/α-hetero) is 4. The van der Waals surface area contributed by atoms with Gasteiger partial charge in [0.15, 0.2) is 34.7 Å². The number of phenols is 1. The largest absolute Gasteiger partial charge is 0.507 e. The van der Waals surface area contributed by atoms with Crippen LogP contribution in [0, 0.1) is 29.5 Å². The molecule has 10 nitrogen and oxygen atoms in total. The maximum Gasteiger partial charge on any atom is 0.235 e. The number of nitrogens with zero attached hydrogens (tertiary/aromatic N) is 2. The summed E-state index contributed by atoms with van der Waals surface area (Å²) in [6, 6.07) is -0.878. The standard InChI is InChI=1S/C26H28FN3O7/c1-29(2)19-14-6-9-5-11-16(20(31)13-8-30(10-3-4-10)7-12(13)18(11)27)21(32)15(9)23(34)26(14,37)24(35)17(22(19)33)25(28)36/h9-10,14-15,17,19,31,37H,3-8H2,1-2H3,(H2,28,36)/t9-,14-,15?,17?,19-,26-/m0/s1. The molecule has 196 valence electrons. The van der Waals surface area contributed by atoms with Crippen molar-refractivity contribution in [1.82, 2.24) is 9.80 Å². The van der Waals surface area contributed by atoms with E-state index >= 15 is 4.39 Å². The molecule has 0 saturated heterocycles. The third kappa shape index (κ3) is 3.04. The predicted molar refractivity (Wildman–Crippen MR) is 124 cm³/mol. The molecule has 1 aromatic carbocycles. The summed E-state index contributed by atoms with van der Waals surface area (Å²) in [5.74, 6) is -11.9. The van der Waals surface area contributed by atoms with Crippen molar-refractivity contribution in [3.05, 3.63) is 28.1 Å². The summed E-state index contributed by atoms with van der Waals surface area (Å²) in [6.45, 7) is 0.624. The van der Waals surface area contributed by atoms with Crippen molar-refractivity contribution in [3.8, 4) is 5.75 Å². The number of likely N-dealkylation sites (N-methyl/N-ethyl adjacent to an activating group) is 1. The van der Waals surface area contributed by atoms with Crippen molar-refractivity contribution >= 4 is 29.0 Å². The number of hydrogen-bond donors (Lipinski definition) is 3. The zero-order valence-corrected chi connectivity index (χ0v) is 20.5. The second-order valence-corrected chi connectivity index (χ2v) is 11.4. The molecule has 11 heteroatoms. The number of carbonyl (C=O) groups is 5. The highest BCUT2D eigenvalue weighted by molar-refractivity contribution is 6.32. The third-order valence-electron chi connectivity index (χ3n) is 9.16. The molecule has 0 radical (unpaired) electrons. The molecular formula is C26H28FN3O7. The molecule has 6 atom stereocenters. The van der Waals surface area contributed by atoms with Crippen LogP contribution in [0.2, 0.25) is 0 Å². The summed E-state index contributed by atoms with van der Waals surface area (Å²) < 4.78 is 15.8. The Balaban J connectivity index is 1.46. The van der Waals surface area contributed by atoms with E-state index in [9.17, 15) is 34.2 Å². The maximum atomic E-state index is 15.8. The fraction of sp³-hybridized carbons (Fsp3) is 0.577. The van der Waals surface area contributed by atoms with Crippen molar-refractivity contribution in [3.63, 3.8) is 0 Å². The average molecular weight is 514 g/mol. The van der Waals surface area contributed by atoms with Crippen LogP contribution in [-0.4, -0.2) is 80.8 Å². The van der Waals surface area contributed by atoms with Crippen molar-refractivity contribution in [2.45, 2.75) is 56.5 Å². The van der Waals surface area contributed by atoms with E-state index in [1.807, 2.05) is 0 Å². The number of benzene rings is 1. The Kier molecular flexibility index (Phi) is 5.09. The minimum absolute atomic E-state index is 0.0308. The summed E-state index contributed by atoms with van der Waals surface area (Å²) in [6.07, 6.45) is 1.80. The molecule has 1 amide bonds. The molecule has 5 aliphatic rings. The first-order valence-corrected chi connectivity index (χ1v) is 12.5. The quantitative estimate of drug-likeness (QED) is 0.453. The molecule has 4 N–H and O–H groups in total. The minimum atomic E-state index is -2.79. The molecule has 3 fully saturated rings. The van der Waals surface area contributed by atoms with Crippen molar-refractivity contribution in [2.75, 3.05) is 14.1 Å². The van der Waals surface area contributed by atoms with Gasteiger partial charge in [0, 0.05) is 41.7 Å². The zero-order chi connectivity index (χ0) is 26.7. The lowest BCUT2D eigenvalue weighted by Gasteiger charge is -2.52. The van der Waals surface area contributed by atoms with E-state index in [0.717, 1.165) is 12.8 Å². The summed E-state index contributed by atoms with van der Waals surface area (Å²) in [7, 11) is 3.03. The van der Waals surface area contributed by atoms with E-state index in [-0.39, 0.29) is 29.7 Å². The lowest BCUT2D eigenvalue weighted by molar-refractivity contribution is -0.181. The summed E-state index contributed by atoms with van der Waals surface area (Å²) in [5, 5.41) is 22.7. The molecule has 37 heavy (non-hydrogen) atoms. The maximum absolute atomic E-state index is 15.8. The first-order chi connectivity index (χ1) is 17.4. The van der Waals surface area contributed by atoms with Crippen molar-refractivity contribution in [2.24, 2.45) is 29.4 Å². The molecule has 4 aliphatic carbocycles. The lowest BCUT2D eigenvalue weighted by atomic mass is 9.52. The van der Waals surface area contributed by atoms with Gasteiger partial charge in [0.1, 0.15) is 11.6 Å². The van der Waals surface area contributed by atoms with E-state index in [0.29, 0.717) is 30.3 Å². The van der Waals surface area contributed by atoms with Gasteiger partial charge in [-0.3, -0.25) is 33.8 Å². The topological polar surface area (TPSA) is 158 Å². The molecule has 1 aromatic rings. The van der Waals surface area contributed by atoms with Crippen LogP contribution in [0.1, 0.15) is 46.3 Å². The number of aromatic hydroxyl groups is 1. The number of fused-ring (bicyclic) bond motifs is 4. The lowest BCUT2D eigenvalue weighted by Crippen LogP contribution is -2.74. The van der Waals surface area contributed by atoms with Gasteiger partial charge in [-0.25, -0.2) is 4.39 Å². The van der Waals surface area contributed by atoms with E-state index in [4.69, 9.17) is 5.73 Å². The van der Waals surface area contributed by atoms with Crippen LogP contribution in [0.25, 0.3) is 0 Å². The second-order valence-electron chi connectivity index (χ2n) is 11.4. The first kappa shape index (κ1) is 24.3. The number of primary amides is 1. The predicted octanol–water partition coefficient (Wildman–Crippen LogP) is -0.516. The van der Waals surface area contributed by atoms with Gasteiger partial charge < -0.3 is 15.9 Å². The van der Waals surface area contributed by atoms with Crippen LogP contribution in [0.4, 0.5) is 4.39 Å². The fourth-order valence-corrected chi connectivity index (χ4v) is 7.30. The van der Waals surface area contributed by atoms with Crippen LogP contribution >= 0.6 is 0 Å². The minimum Gasteiger partial charge on any atom is -0.507 e. The van der Waals surface area contributed by atoms with E-state index in [2.05, 4.69) is 4.90 Å². The van der Waals surface area contributed by atoms with E-state index < -0.39 is 70.2 Å². The molecule has 1 heterocycles. The van der Waals surface area contributed by atoms with Crippen LogP contribution in [0.15, 0.2) is 0 Å². The molecule has 2 unspecified atom stereocenters. The Labute approximate surface area is 211 Å². The van der Waals surface area contributed by atoms with Gasteiger partial charge >= 0.3 is 0 Å². The highest BCUT2D eigenvalue weighted by atomic mass is 19.1. The molecule has 0 bridgehead atoms. The van der Waals surface area contributed by atoms with Gasteiger partial charge in [0.05, 0.1) is 17.5 Å². The normalized spacial score (nSPS) is 35.3. The first-order valence-electron chi connectivity index (χ1n) is 12.5. The highest BCUT2D eigenvalue weighted by Crippen LogP contribution is 2.52. The van der Waals surface area contributed by atoms with E-state index in [1.165, 1.54) is 19.0 Å². The monoisotopic (exact) mass is 513 g/mol. The Morgan fingerprint density at radius 1 is 1.08 bits per heavy atom.